The minimum absolute atomic E-state index is 0.0396. The SMILES string of the molecule is CCn1cncc1CN1c2nc(C(=O)OC)ccc2N(C)C1CCl. The summed E-state index contributed by atoms with van der Waals surface area (Å²) in [6.45, 7) is 3.52. The van der Waals surface area contributed by atoms with Crippen molar-refractivity contribution in [2.24, 2.45) is 0 Å². The summed E-state index contributed by atoms with van der Waals surface area (Å²) < 4.78 is 6.86. The first-order valence-electron chi connectivity index (χ1n) is 7.74. The molecule has 2 aromatic rings. The van der Waals surface area contributed by atoms with Crippen LogP contribution in [0.4, 0.5) is 11.5 Å². The van der Waals surface area contributed by atoms with Crippen molar-refractivity contribution < 1.29 is 9.53 Å². The normalized spacial score (nSPS) is 16.4. The van der Waals surface area contributed by atoms with E-state index in [9.17, 15) is 4.79 Å². The number of ether oxygens (including phenoxy) is 1. The molecule has 0 spiro atoms. The maximum absolute atomic E-state index is 11.8. The van der Waals surface area contributed by atoms with Crippen LogP contribution in [-0.2, 0) is 17.8 Å². The number of rotatable bonds is 5. The molecule has 1 atom stereocenters. The van der Waals surface area contributed by atoms with Gasteiger partial charge in [-0.05, 0) is 19.1 Å². The topological polar surface area (TPSA) is 63.5 Å². The van der Waals surface area contributed by atoms with Gasteiger partial charge in [-0.2, -0.15) is 0 Å². The molecule has 0 fully saturated rings. The third-order valence-electron chi connectivity index (χ3n) is 4.32. The first-order chi connectivity index (χ1) is 11.6. The summed E-state index contributed by atoms with van der Waals surface area (Å²) >= 11 is 6.21. The van der Waals surface area contributed by atoms with E-state index in [0.29, 0.717) is 12.4 Å². The van der Waals surface area contributed by atoms with Gasteiger partial charge in [-0.1, -0.05) is 0 Å². The van der Waals surface area contributed by atoms with Crippen LogP contribution in [0.25, 0.3) is 0 Å². The number of pyridine rings is 1. The predicted molar refractivity (Wildman–Crippen MR) is 92.6 cm³/mol. The number of halogens is 1. The van der Waals surface area contributed by atoms with Gasteiger partial charge in [-0.25, -0.2) is 14.8 Å². The number of fused-ring (bicyclic) bond motifs is 1. The van der Waals surface area contributed by atoms with Crippen LogP contribution in [0.1, 0.15) is 23.1 Å². The molecule has 0 amide bonds. The molecule has 24 heavy (non-hydrogen) atoms. The van der Waals surface area contributed by atoms with Crippen LogP contribution in [0.15, 0.2) is 24.7 Å². The van der Waals surface area contributed by atoms with Gasteiger partial charge < -0.3 is 19.1 Å². The van der Waals surface area contributed by atoms with Crippen LogP contribution < -0.4 is 9.80 Å². The molecule has 3 heterocycles. The average molecular weight is 350 g/mol. The summed E-state index contributed by atoms with van der Waals surface area (Å²) in [7, 11) is 3.32. The summed E-state index contributed by atoms with van der Waals surface area (Å²) in [5, 5.41) is 0. The maximum atomic E-state index is 11.8. The van der Waals surface area contributed by atoms with Gasteiger partial charge in [0.15, 0.2) is 11.5 Å². The molecule has 2 aromatic heterocycles. The van der Waals surface area contributed by atoms with Crippen molar-refractivity contribution in [2.45, 2.75) is 26.2 Å². The summed E-state index contributed by atoms with van der Waals surface area (Å²) in [6.07, 6.45) is 3.61. The molecule has 1 unspecified atom stereocenters. The molecular weight excluding hydrogens is 330 g/mol. The number of hydrogen-bond donors (Lipinski definition) is 0. The highest BCUT2D eigenvalue weighted by atomic mass is 35.5. The molecule has 0 bridgehead atoms. The molecule has 7 nitrogen and oxygen atoms in total. The van der Waals surface area contributed by atoms with Crippen molar-refractivity contribution >= 4 is 29.1 Å². The van der Waals surface area contributed by atoms with E-state index in [0.717, 1.165) is 23.7 Å². The molecule has 1 aliphatic rings. The second-order valence-electron chi connectivity index (χ2n) is 5.58. The zero-order valence-electron chi connectivity index (χ0n) is 13.9. The van der Waals surface area contributed by atoms with Gasteiger partial charge in [-0.15, -0.1) is 11.6 Å². The van der Waals surface area contributed by atoms with Crippen molar-refractivity contribution in [1.82, 2.24) is 14.5 Å². The minimum Gasteiger partial charge on any atom is -0.464 e. The first-order valence-corrected chi connectivity index (χ1v) is 8.28. The number of carbonyl (C=O) groups is 1. The first kappa shape index (κ1) is 16.6. The number of imidazole rings is 1. The molecule has 8 heteroatoms. The molecule has 128 valence electrons. The molecule has 0 saturated heterocycles. The Balaban J connectivity index is 2.00. The number of nitrogens with zero attached hydrogens (tertiary/aromatic N) is 5. The fourth-order valence-electron chi connectivity index (χ4n) is 2.96. The van der Waals surface area contributed by atoms with Crippen LogP contribution in [0.3, 0.4) is 0 Å². The fourth-order valence-corrected chi connectivity index (χ4v) is 3.34. The monoisotopic (exact) mass is 349 g/mol. The lowest BCUT2D eigenvalue weighted by Crippen LogP contribution is -2.42. The summed E-state index contributed by atoms with van der Waals surface area (Å²) in [5.74, 6) is 0.698. The van der Waals surface area contributed by atoms with Crippen LogP contribution in [0.2, 0.25) is 0 Å². The Kier molecular flexibility index (Phi) is 4.62. The van der Waals surface area contributed by atoms with Gasteiger partial charge in [-0.3, -0.25) is 0 Å². The maximum Gasteiger partial charge on any atom is 0.356 e. The number of aromatic nitrogens is 3. The lowest BCUT2D eigenvalue weighted by atomic mass is 10.3. The third kappa shape index (κ3) is 2.69. The van der Waals surface area contributed by atoms with Crippen molar-refractivity contribution in [1.29, 1.82) is 0 Å². The van der Waals surface area contributed by atoms with Crippen molar-refractivity contribution in [2.75, 3.05) is 29.8 Å². The van der Waals surface area contributed by atoms with Gasteiger partial charge in [0, 0.05) is 19.8 Å². The van der Waals surface area contributed by atoms with Gasteiger partial charge in [0.25, 0.3) is 0 Å². The molecule has 1 aliphatic heterocycles. The van der Waals surface area contributed by atoms with Crippen LogP contribution >= 0.6 is 11.6 Å². The number of carbonyl (C=O) groups excluding carboxylic acids is 1. The van der Waals surface area contributed by atoms with Gasteiger partial charge >= 0.3 is 5.97 Å². The Morgan fingerprint density at radius 3 is 2.88 bits per heavy atom. The molecule has 0 saturated carbocycles. The zero-order valence-corrected chi connectivity index (χ0v) is 14.7. The standard InChI is InChI=1S/C16H20ClN5O2/c1-4-21-10-18-8-11(21)9-22-14(7-17)20(2)13-6-5-12(16(23)24-3)19-15(13)22/h5-6,8,10,14H,4,7,9H2,1-3H3. The Morgan fingerprint density at radius 2 is 2.21 bits per heavy atom. The van der Waals surface area contributed by atoms with E-state index in [4.69, 9.17) is 16.3 Å². The number of anilines is 2. The van der Waals surface area contributed by atoms with E-state index < -0.39 is 5.97 Å². The van der Waals surface area contributed by atoms with E-state index in [2.05, 4.69) is 31.3 Å². The second kappa shape index (κ2) is 6.68. The van der Waals surface area contributed by atoms with Crippen LogP contribution in [0.5, 0.6) is 0 Å². The van der Waals surface area contributed by atoms with Gasteiger partial charge in [0.05, 0.1) is 37.2 Å². The Hall–Kier alpha value is -2.28. The van der Waals surface area contributed by atoms with Gasteiger partial charge in [0.2, 0.25) is 0 Å². The minimum atomic E-state index is -0.451. The highest BCUT2D eigenvalue weighted by Crippen LogP contribution is 2.38. The molecule has 3 rings (SSSR count). The van der Waals surface area contributed by atoms with Crippen LogP contribution in [0, 0.1) is 0 Å². The van der Waals surface area contributed by atoms with E-state index in [1.165, 1.54) is 7.11 Å². The van der Waals surface area contributed by atoms with E-state index >= 15 is 0 Å². The summed E-state index contributed by atoms with van der Waals surface area (Å²) in [6, 6.07) is 3.55. The predicted octanol–water partition coefficient (Wildman–Crippen LogP) is 2.11. The number of hydrogen-bond acceptors (Lipinski definition) is 6. The second-order valence-corrected chi connectivity index (χ2v) is 5.88. The Bertz CT molecular complexity index is 748. The van der Waals surface area contributed by atoms with Crippen LogP contribution in [-0.4, -0.2) is 46.7 Å². The highest BCUT2D eigenvalue weighted by molar-refractivity contribution is 6.18. The number of alkyl halides is 1. The van der Waals surface area contributed by atoms with Crippen molar-refractivity contribution in [3.8, 4) is 0 Å². The zero-order chi connectivity index (χ0) is 17.3. The highest BCUT2D eigenvalue weighted by Gasteiger charge is 2.35. The van der Waals surface area contributed by atoms with Gasteiger partial charge in [0.1, 0.15) is 6.17 Å². The lowest BCUT2D eigenvalue weighted by molar-refractivity contribution is 0.0594. The largest absolute Gasteiger partial charge is 0.464 e. The lowest BCUT2D eigenvalue weighted by Gasteiger charge is -2.28. The molecule has 0 aliphatic carbocycles. The number of esters is 1. The Labute approximate surface area is 145 Å². The summed E-state index contributed by atoms with van der Waals surface area (Å²) in [5.41, 5.74) is 2.30. The Morgan fingerprint density at radius 1 is 1.42 bits per heavy atom. The fraction of sp³-hybridized carbons (Fsp3) is 0.438. The quantitative estimate of drug-likeness (QED) is 0.608. The van der Waals surface area contributed by atoms with E-state index in [1.54, 1.807) is 6.07 Å². The smallest absolute Gasteiger partial charge is 0.356 e. The van der Waals surface area contributed by atoms with E-state index in [-0.39, 0.29) is 11.9 Å². The molecule has 0 N–H and O–H groups in total. The average Bonchev–Trinajstić information content (AvgIpc) is 3.16. The summed E-state index contributed by atoms with van der Waals surface area (Å²) in [4.78, 5) is 24.7. The van der Waals surface area contributed by atoms with Crippen molar-refractivity contribution in [3.05, 3.63) is 36.0 Å². The van der Waals surface area contributed by atoms with Crippen molar-refractivity contribution in [3.63, 3.8) is 0 Å². The van der Waals surface area contributed by atoms with E-state index in [1.807, 2.05) is 25.6 Å². The molecule has 0 radical (unpaired) electrons. The third-order valence-corrected chi connectivity index (χ3v) is 4.59. The molecular formula is C16H20ClN5O2. The molecule has 0 aromatic carbocycles. The number of methoxy groups -OCH3 is 1. The number of aryl methyl sites for hydroxylation is 1.